The van der Waals surface area contributed by atoms with Crippen LogP contribution in [-0.2, 0) is 22.6 Å². The summed E-state index contributed by atoms with van der Waals surface area (Å²) in [6.07, 6.45) is 0.305. The summed E-state index contributed by atoms with van der Waals surface area (Å²) in [5.74, 6) is -0.578. The second-order valence-corrected chi connectivity index (χ2v) is 5.42. The Kier molecular flexibility index (Phi) is 5.89. The molecule has 126 valence electrons. The quantitative estimate of drug-likeness (QED) is 0.814. The molecule has 2 aromatic carbocycles. The molecule has 6 heteroatoms. The second kappa shape index (κ2) is 8.10. The molecule has 1 atom stereocenters. The van der Waals surface area contributed by atoms with E-state index in [1.165, 1.54) is 19.1 Å². The van der Waals surface area contributed by atoms with Crippen LogP contribution < -0.4 is 15.8 Å². The number of hydrogen-bond acceptors (Lipinski definition) is 3. The maximum atomic E-state index is 13.1. The van der Waals surface area contributed by atoms with E-state index in [0.29, 0.717) is 12.2 Å². The highest BCUT2D eigenvalue weighted by molar-refractivity contribution is 5.85. The van der Waals surface area contributed by atoms with E-state index in [4.69, 9.17) is 10.5 Å². The molecule has 2 amide bonds. The molecular weight excluding hydrogens is 311 g/mol. The van der Waals surface area contributed by atoms with Crippen molar-refractivity contribution in [3.05, 3.63) is 65.5 Å². The zero-order valence-corrected chi connectivity index (χ0v) is 13.3. The first-order chi connectivity index (χ1) is 11.4. The first-order valence-electron chi connectivity index (χ1n) is 7.46. The van der Waals surface area contributed by atoms with Crippen LogP contribution in [-0.4, -0.2) is 17.9 Å². The van der Waals surface area contributed by atoms with Gasteiger partial charge in [-0.1, -0.05) is 24.3 Å². The molecule has 0 saturated heterocycles. The predicted molar refractivity (Wildman–Crippen MR) is 87.7 cm³/mol. The monoisotopic (exact) mass is 330 g/mol. The molecule has 2 aromatic rings. The lowest BCUT2D eigenvalue weighted by Crippen LogP contribution is -2.44. The number of amides is 2. The van der Waals surface area contributed by atoms with E-state index in [-0.39, 0.29) is 18.3 Å². The molecule has 0 radical (unpaired) electrons. The summed E-state index contributed by atoms with van der Waals surface area (Å²) in [7, 11) is 0. The molecular formula is C18H19FN2O3. The van der Waals surface area contributed by atoms with Gasteiger partial charge in [-0.3, -0.25) is 9.59 Å². The summed E-state index contributed by atoms with van der Waals surface area (Å²) in [5.41, 5.74) is 6.85. The van der Waals surface area contributed by atoms with E-state index in [1.807, 2.05) is 0 Å². The van der Waals surface area contributed by atoms with Crippen LogP contribution in [0.3, 0.4) is 0 Å². The van der Waals surface area contributed by atoms with Crippen molar-refractivity contribution in [2.75, 3.05) is 0 Å². The minimum Gasteiger partial charge on any atom is -0.489 e. The van der Waals surface area contributed by atoms with Gasteiger partial charge in [-0.2, -0.15) is 0 Å². The summed E-state index contributed by atoms with van der Waals surface area (Å²) < 4.78 is 18.7. The molecule has 0 saturated carbocycles. The zero-order valence-electron chi connectivity index (χ0n) is 13.3. The average Bonchev–Trinajstić information content (AvgIpc) is 2.53. The van der Waals surface area contributed by atoms with Crippen molar-refractivity contribution in [3.8, 4) is 5.75 Å². The van der Waals surface area contributed by atoms with Gasteiger partial charge in [-0.15, -0.1) is 0 Å². The molecule has 24 heavy (non-hydrogen) atoms. The van der Waals surface area contributed by atoms with Crippen molar-refractivity contribution in [2.24, 2.45) is 5.73 Å². The van der Waals surface area contributed by atoms with E-state index in [1.54, 1.807) is 36.4 Å². The van der Waals surface area contributed by atoms with E-state index in [9.17, 15) is 14.0 Å². The number of ether oxygens (including phenoxy) is 1. The standard InChI is InChI=1S/C18H19FN2O3/c1-12(22)21-17(18(20)23)10-13-5-7-16(8-6-13)24-11-14-3-2-4-15(19)9-14/h2-9,17H,10-11H2,1H3,(H2,20,23)(H,21,22). The van der Waals surface area contributed by atoms with Crippen LogP contribution in [0.15, 0.2) is 48.5 Å². The molecule has 0 aliphatic rings. The normalized spacial score (nSPS) is 11.6. The van der Waals surface area contributed by atoms with E-state index in [2.05, 4.69) is 5.32 Å². The third-order valence-corrected chi connectivity index (χ3v) is 3.38. The predicted octanol–water partition coefficient (Wildman–Crippen LogP) is 1.94. The van der Waals surface area contributed by atoms with Gasteiger partial charge in [0.15, 0.2) is 0 Å². The fourth-order valence-corrected chi connectivity index (χ4v) is 2.22. The summed E-state index contributed by atoms with van der Waals surface area (Å²) in [5, 5.41) is 2.51. The Labute approximate surface area is 139 Å². The molecule has 0 aromatic heterocycles. The van der Waals surface area contributed by atoms with E-state index >= 15 is 0 Å². The molecule has 0 fully saturated rings. The van der Waals surface area contributed by atoms with Crippen molar-refractivity contribution < 1.29 is 18.7 Å². The second-order valence-electron chi connectivity index (χ2n) is 5.42. The minimum absolute atomic E-state index is 0.257. The molecule has 0 heterocycles. The van der Waals surface area contributed by atoms with Gasteiger partial charge in [0, 0.05) is 13.3 Å². The van der Waals surface area contributed by atoms with Crippen molar-refractivity contribution in [3.63, 3.8) is 0 Å². The van der Waals surface area contributed by atoms with Crippen LogP contribution in [0.2, 0.25) is 0 Å². The first kappa shape index (κ1) is 17.5. The molecule has 1 unspecified atom stereocenters. The number of nitrogens with two attached hydrogens (primary N) is 1. The van der Waals surface area contributed by atoms with Crippen LogP contribution in [0.1, 0.15) is 18.1 Å². The number of rotatable bonds is 7. The largest absolute Gasteiger partial charge is 0.489 e. The SMILES string of the molecule is CC(=O)NC(Cc1ccc(OCc2cccc(F)c2)cc1)C(N)=O. The topological polar surface area (TPSA) is 81.4 Å². The number of carbonyl (C=O) groups excluding carboxylic acids is 2. The third kappa shape index (κ3) is 5.39. The molecule has 0 bridgehead atoms. The number of nitrogens with one attached hydrogen (secondary N) is 1. The summed E-state index contributed by atoms with van der Waals surface area (Å²) in [6.45, 7) is 1.59. The Morgan fingerprint density at radius 2 is 1.88 bits per heavy atom. The van der Waals surface area contributed by atoms with E-state index in [0.717, 1.165) is 11.1 Å². The fourth-order valence-electron chi connectivity index (χ4n) is 2.22. The number of carbonyl (C=O) groups is 2. The smallest absolute Gasteiger partial charge is 0.240 e. The van der Waals surface area contributed by atoms with Crippen molar-refractivity contribution in [2.45, 2.75) is 26.0 Å². The number of benzene rings is 2. The first-order valence-corrected chi connectivity index (χ1v) is 7.46. The number of halogens is 1. The van der Waals surface area contributed by atoms with Gasteiger partial charge in [-0.25, -0.2) is 4.39 Å². The molecule has 2 rings (SSSR count). The molecule has 0 aliphatic carbocycles. The van der Waals surface area contributed by atoms with Gasteiger partial charge in [0.05, 0.1) is 0 Å². The highest BCUT2D eigenvalue weighted by Crippen LogP contribution is 2.15. The van der Waals surface area contributed by atoms with Crippen LogP contribution in [0.5, 0.6) is 5.75 Å². The van der Waals surface area contributed by atoms with Crippen LogP contribution >= 0.6 is 0 Å². The molecule has 5 nitrogen and oxygen atoms in total. The van der Waals surface area contributed by atoms with Gasteiger partial charge in [0.25, 0.3) is 0 Å². The number of primary amides is 1. The lowest BCUT2D eigenvalue weighted by atomic mass is 10.1. The lowest BCUT2D eigenvalue weighted by molar-refractivity contribution is -0.126. The van der Waals surface area contributed by atoms with Crippen molar-refractivity contribution >= 4 is 11.8 Å². The van der Waals surface area contributed by atoms with E-state index < -0.39 is 11.9 Å². The zero-order chi connectivity index (χ0) is 17.5. The Balaban J connectivity index is 1.94. The Morgan fingerprint density at radius 3 is 2.46 bits per heavy atom. The summed E-state index contributed by atoms with van der Waals surface area (Å²) >= 11 is 0. The van der Waals surface area contributed by atoms with Crippen LogP contribution in [0.25, 0.3) is 0 Å². The average molecular weight is 330 g/mol. The molecule has 3 N–H and O–H groups in total. The Morgan fingerprint density at radius 1 is 1.17 bits per heavy atom. The highest BCUT2D eigenvalue weighted by Gasteiger charge is 2.16. The highest BCUT2D eigenvalue weighted by atomic mass is 19.1. The van der Waals surface area contributed by atoms with Crippen LogP contribution in [0, 0.1) is 5.82 Å². The number of hydrogen-bond donors (Lipinski definition) is 2. The maximum Gasteiger partial charge on any atom is 0.240 e. The summed E-state index contributed by atoms with van der Waals surface area (Å²) in [4.78, 5) is 22.4. The van der Waals surface area contributed by atoms with Gasteiger partial charge < -0.3 is 15.8 Å². The Bertz CT molecular complexity index is 716. The van der Waals surface area contributed by atoms with Crippen molar-refractivity contribution in [1.82, 2.24) is 5.32 Å². The summed E-state index contributed by atoms with van der Waals surface area (Å²) in [6, 6.07) is 12.5. The molecule has 0 aliphatic heterocycles. The van der Waals surface area contributed by atoms with Gasteiger partial charge in [0.1, 0.15) is 24.2 Å². The van der Waals surface area contributed by atoms with Gasteiger partial charge >= 0.3 is 0 Å². The van der Waals surface area contributed by atoms with Crippen molar-refractivity contribution in [1.29, 1.82) is 0 Å². The lowest BCUT2D eigenvalue weighted by Gasteiger charge is -2.14. The molecule has 0 spiro atoms. The third-order valence-electron chi connectivity index (χ3n) is 3.38. The van der Waals surface area contributed by atoms with Gasteiger partial charge in [-0.05, 0) is 35.4 Å². The maximum absolute atomic E-state index is 13.1. The minimum atomic E-state index is -0.749. The fraction of sp³-hybridized carbons (Fsp3) is 0.222. The van der Waals surface area contributed by atoms with Gasteiger partial charge in [0.2, 0.25) is 11.8 Å². The van der Waals surface area contributed by atoms with Crippen LogP contribution in [0.4, 0.5) is 4.39 Å². The Hall–Kier alpha value is -2.89.